The third-order valence-electron chi connectivity index (χ3n) is 3.63. The highest BCUT2D eigenvalue weighted by Crippen LogP contribution is 2.28. The summed E-state index contributed by atoms with van der Waals surface area (Å²) >= 11 is 6.27. The largest absolute Gasteiger partial charge is 0.323 e. The smallest absolute Gasteiger partial charge is 0.241 e. The van der Waals surface area contributed by atoms with Gasteiger partial charge in [0.05, 0.1) is 28.8 Å². The van der Waals surface area contributed by atoms with Crippen LogP contribution in [0.5, 0.6) is 0 Å². The van der Waals surface area contributed by atoms with Crippen molar-refractivity contribution >= 4 is 23.2 Å². The molecule has 1 atom stereocenters. The van der Waals surface area contributed by atoms with Gasteiger partial charge in [0, 0.05) is 12.4 Å². The number of rotatable bonds is 3. The van der Waals surface area contributed by atoms with E-state index in [-0.39, 0.29) is 11.9 Å². The van der Waals surface area contributed by atoms with E-state index in [1.807, 2.05) is 12.1 Å². The second-order valence-corrected chi connectivity index (χ2v) is 5.50. The van der Waals surface area contributed by atoms with Crippen molar-refractivity contribution in [1.82, 2.24) is 14.9 Å². The summed E-state index contributed by atoms with van der Waals surface area (Å²) in [5, 5.41) is 6.79. The van der Waals surface area contributed by atoms with Crippen LogP contribution in [0.15, 0.2) is 36.9 Å². The first-order valence-corrected chi connectivity index (χ1v) is 7.44. The molecule has 1 aromatic heterocycles. The minimum Gasteiger partial charge on any atom is -0.323 e. The van der Waals surface area contributed by atoms with Gasteiger partial charge >= 0.3 is 0 Å². The molecule has 0 unspecified atom stereocenters. The summed E-state index contributed by atoms with van der Waals surface area (Å²) < 4.78 is 1.80. The number of nitrogens with zero attached hydrogens (tertiary/aromatic N) is 2. The molecule has 6 heteroatoms. The van der Waals surface area contributed by atoms with Crippen molar-refractivity contribution < 1.29 is 4.79 Å². The van der Waals surface area contributed by atoms with Gasteiger partial charge in [-0.05, 0) is 31.5 Å². The summed E-state index contributed by atoms with van der Waals surface area (Å²) in [6.07, 6.45) is 8.21. The summed E-state index contributed by atoms with van der Waals surface area (Å²) in [5.41, 5.74) is 1.43. The van der Waals surface area contributed by atoms with Gasteiger partial charge in [-0.25, -0.2) is 4.98 Å². The van der Waals surface area contributed by atoms with Gasteiger partial charge in [0.25, 0.3) is 0 Å². The normalized spacial score (nSPS) is 18.4. The van der Waals surface area contributed by atoms with E-state index in [0.717, 1.165) is 31.5 Å². The lowest BCUT2D eigenvalue weighted by Gasteiger charge is -2.23. The molecule has 1 amide bonds. The molecule has 110 valence electrons. The maximum atomic E-state index is 12.4. The molecule has 21 heavy (non-hydrogen) atoms. The van der Waals surface area contributed by atoms with Crippen molar-refractivity contribution in [3.05, 3.63) is 41.9 Å². The Morgan fingerprint density at radius 3 is 3.05 bits per heavy atom. The monoisotopic (exact) mass is 304 g/mol. The molecule has 1 aliphatic rings. The molecular weight excluding hydrogens is 288 g/mol. The highest BCUT2D eigenvalue weighted by atomic mass is 35.5. The van der Waals surface area contributed by atoms with Crippen LogP contribution in [0.1, 0.15) is 19.3 Å². The van der Waals surface area contributed by atoms with E-state index in [1.54, 1.807) is 29.4 Å². The Hall–Kier alpha value is -1.85. The number of hydrogen-bond acceptors (Lipinski definition) is 3. The fourth-order valence-corrected chi connectivity index (χ4v) is 2.84. The van der Waals surface area contributed by atoms with Crippen LogP contribution in [0.4, 0.5) is 5.69 Å². The number of halogens is 1. The number of imidazole rings is 1. The van der Waals surface area contributed by atoms with Crippen LogP contribution in [0, 0.1) is 0 Å². The van der Waals surface area contributed by atoms with E-state index >= 15 is 0 Å². The number of piperidine rings is 1. The van der Waals surface area contributed by atoms with Crippen molar-refractivity contribution in [3.8, 4) is 5.69 Å². The van der Waals surface area contributed by atoms with Crippen molar-refractivity contribution in [2.75, 3.05) is 11.9 Å². The summed E-state index contributed by atoms with van der Waals surface area (Å²) in [7, 11) is 0. The van der Waals surface area contributed by atoms with E-state index in [4.69, 9.17) is 11.6 Å². The molecule has 0 aliphatic carbocycles. The van der Waals surface area contributed by atoms with E-state index in [2.05, 4.69) is 15.6 Å². The molecule has 1 aliphatic heterocycles. The van der Waals surface area contributed by atoms with Crippen LogP contribution in [-0.2, 0) is 4.79 Å². The molecule has 0 saturated carbocycles. The fraction of sp³-hybridized carbons (Fsp3) is 0.333. The zero-order valence-corrected chi connectivity index (χ0v) is 12.3. The van der Waals surface area contributed by atoms with Crippen LogP contribution < -0.4 is 10.6 Å². The standard InChI is InChI=1S/C15H17ClN4O/c16-11-4-3-6-12(14(11)20-9-8-17-10-20)19-15(21)13-5-1-2-7-18-13/h3-4,6,8-10,13,18H,1-2,5,7H2,(H,19,21)/t13-/m0/s1. The van der Waals surface area contributed by atoms with Gasteiger partial charge in [-0.1, -0.05) is 24.1 Å². The Kier molecular flexibility index (Phi) is 4.22. The Bertz CT molecular complexity index is 621. The number of hydrogen-bond donors (Lipinski definition) is 2. The first-order valence-electron chi connectivity index (χ1n) is 7.07. The van der Waals surface area contributed by atoms with Gasteiger partial charge in [-0.15, -0.1) is 0 Å². The predicted molar refractivity (Wildman–Crippen MR) is 82.8 cm³/mol. The predicted octanol–water partition coefficient (Wildman–Crippen LogP) is 2.61. The number of para-hydroxylation sites is 1. The summed E-state index contributed by atoms with van der Waals surface area (Å²) in [5.74, 6) is -0.0154. The third kappa shape index (κ3) is 3.09. The number of nitrogens with one attached hydrogen (secondary N) is 2. The summed E-state index contributed by atoms with van der Waals surface area (Å²) in [4.78, 5) is 16.4. The van der Waals surface area contributed by atoms with Crippen molar-refractivity contribution in [3.63, 3.8) is 0 Å². The average molecular weight is 305 g/mol. The topological polar surface area (TPSA) is 59.0 Å². The van der Waals surface area contributed by atoms with Crippen molar-refractivity contribution in [2.24, 2.45) is 0 Å². The Morgan fingerprint density at radius 1 is 1.43 bits per heavy atom. The highest BCUT2D eigenvalue weighted by molar-refractivity contribution is 6.33. The van der Waals surface area contributed by atoms with Crippen LogP contribution in [0.3, 0.4) is 0 Å². The van der Waals surface area contributed by atoms with E-state index in [9.17, 15) is 4.79 Å². The van der Waals surface area contributed by atoms with E-state index in [1.165, 1.54) is 0 Å². The first-order chi connectivity index (χ1) is 10.3. The second-order valence-electron chi connectivity index (χ2n) is 5.10. The molecule has 1 saturated heterocycles. The van der Waals surface area contributed by atoms with Crippen molar-refractivity contribution in [1.29, 1.82) is 0 Å². The third-order valence-corrected chi connectivity index (χ3v) is 3.94. The van der Waals surface area contributed by atoms with Crippen LogP contribution in [0.2, 0.25) is 5.02 Å². The molecule has 1 aromatic carbocycles. The zero-order valence-electron chi connectivity index (χ0n) is 11.6. The minimum absolute atomic E-state index is 0.0154. The summed E-state index contributed by atoms with van der Waals surface area (Å²) in [6, 6.07) is 5.34. The van der Waals surface area contributed by atoms with Crippen LogP contribution >= 0.6 is 11.6 Å². The molecule has 3 rings (SSSR count). The van der Waals surface area contributed by atoms with E-state index in [0.29, 0.717) is 10.7 Å². The van der Waals surface area contributed by atoms with Gasteiger partial charge in [0.1, 0.15) is 0 Å². The zero-order chi connectivity index (χ0) is 14.7. The lowest BCUT2D eigenvalue weighted by atomic mass is 10.0. The minimum atomic E-state index is -0.131. The molecule has 0 bridgehead atoms. The molecule has 0 spiro atoms. The van der Waals surface area contributed by atoms with E-state index < -0.39 is 0 Å². The van der Waals surface area contributed by atoms with Crippen LogP contribution in [0.25, 0.3) is 5.69 Å². The Labute approximate surface area is 128 Å². The quantitative estimate of drug-likeness (QED) is 0.916. The molecule has 2 N–H and O–H groups in total. The Balaban J connectivity index is 1.85. The number of aromatic nitrogens is 2. The number of benzene rings is 1. The number of amides is 1. The summed E-state index contributed by atoms with van der Waals surface area (Å²) in [6.45, 7) is 0.891. The number of anilines is 1. The SMILES string of the molecule is O=C(Nc1cccc(Cl)c1-n1ccnc1)[C@@H]1CCCCN1. The van der Waals surface area contributed by atoms with Crippen molar-refractivity contribution in [2.45, 2.75) is 25.3 Å². The molecule has 1 fully saturated rings. The number of carbonyl (C=O) groups is 1. The van der Waals surface area contributed by atoms with Crippen LogP contribution in [-0.4, -0.2) is 28.0 Å². The maximum absolute atomic E-state index is 12.4. The molecule has 2 heterocycles. The van der Waals surface area contributed by atoms with Gasteiger partial charge in [0.15, 0.2) is 0 Å². The van der Waals surface area contributed by atoms with Gasteiger partial charge < -0.3 is 15.2 Å². The van der Waals surface area contributed by atoms with Gasteiger partial charge in [-0.3, -0.25) is 4.79 Å². The fourth-order valence-electron chi connectivity index (χ4n) is 2.57. The molecule has 5 nitrogen and oxygen atoms in total. The molecule has 0 radical (unpaired) electrons. The maximum Gasteiger partial charge on any atom is 0.241 e. The highest BCUT2D eigenvalue weighted by Gasteiger charge is 2.21. The van der Waals surface area contributed by atoms with Gasteiger partial charge in [0.2, 0.25) is 5.91 Å². The second kappa shape index (κ2) is 6.28. The molecular formula is C15H17ClN4O. The number of carbonyl (C=O) groups excluding carboxylic acids is 1. The molecule has 2 aromatic rings. The lowest BCUT2D eigenvalue weighted by molar-refractivity contribution is -0.118. The first kappa shape index (κ1) is 14.1. The lowest BCUT2D eigenvalue weighted by Crippen LogP contribution is -2.43. The average Bonchev–Trinajstić information content (AvgIpc) is 3.02. The Morgan fingerprint density at radius 2 is 2.33 bits per heavy atom. The van der Waals surface area contributed by atoms with Gasteiger partial charge in [-0.2, -0.15) is 0 Å².